The van der Waals surface area contributed by atoms with Gasteiger partial charge < -0.3 is 0 Å². The van der Waals surface area contributed by atoms with E-state index in [2.05, 4.69) is 42.0 Å². The number of para-hydroxylation sites is 1. The van der Waals surface area contributed by atoms with Gasteiger partial charge in [0.15, 0.2) is 0 Å². The molecule has 0 atom stereocenters. The predicted octanol–water partition coefficient (Wildman–Crippen LogP) is 5.21. The molecule has 0 saturated heterocycles. The summed E-state index contributed by atoms with van der Waals surface area (Å²) in [6.07, 6.45) is 1.67. The number of thiazole rings is 1. The van der Waals surface area contributed by atoms with Gasteiger partial charge in [-0.15, -0.1) is 22.7 Å². The molecular formula is C16H13N3S3. The summed E-state index contributed by atoms with van der Waals surface area (Å²) in [4.78, 5) is 16.0. The first-order valence-corrected chi connectivity index (χ1v) is 9.52. The topological polar surface area (TPSA) is 38.7 Å². The number of hydrogen-bond acceptors (Lipinski definition) is 6. The molecule has 110 valence electrons. The minimum Gasteiger partial charge on any atom is -0.240 e. The number of thioether (sulfide) groups is 1. The summed E-state index contributed by atoms with van der Waals surface area (Å²) in [5.74, 6) is 0.847. The van der Waals surface area contributed by atoms with Crippen LogP contribution in [0.1, 0.15) is 15.4 Å². The van der Waals surface area contributed by atoms with Crippen molar-refractivity contribution < 1.29 is 0 Å². The van der Waals surface area contributed by atoms with Crippen LogP contribution in [0.25, 0.3) is 20.4 Å². The smallest absolute Gasteiger partial charge is 0.128 e. The van der Waals surface area contributed by atoms with Gasteiger partial charge in [0.2, 0.25) is 0 Å². The largest absolute Gasteiger partial charge is 0.240 e. The van der Waals surface area contributed by atoms with E-state index in [9.17, 15) is 0 Å². The van der Waals surface area contributed by atoms with Crippen molar-refractivity contribution in [2.45, 2.75) is 24.6 Å². The lowest BCUT2D eigenvalue weighted by Crippen LogP contribution is -1.86. The number of nitrogens with zero attached hydrogens (tertiary/aromatic N) is 3. The third-order valence-electron chi connectivity index (χ3n) is 3.60. The van der Waals surface area contributed by atoms with Gasteiger partial charge in [0.25, 0.3) is 0 Å². The van der Waals surface area contributed by atoms with Gasteiger partial charge in [-0.1, -0.05) is 23.9 Å². The van der Waals surface area contributed by atoms with Crippen LogP contribution in [0, 0.1) is 13.8 Å². The van der Waals surface area contributed by atoms with E-state index in [4.69, 9.17) is 4.98 Å². The molecule has 3 heterocycles. The summed E-state index contributed by atoms with van der Waals surface area (Å²) in [6, 6.07) is 8.28. The Morgan fingerprint density at radius 3 is 2.82 bits per heavy atom. The van der Waals surface area contributed by atoms with Crippen LogP contribution in [0.4, 0.5) is 0 Å². The molecule has 1 aromatic carbocycles. The molecule has 0 unspecified atom stereocenters. The molecule has 0 N–H and O–H groups in total. The average Bonchev–Trinajstić information content (AvgIpc) is 3.07. The summed E-state index contributed by atoms with van der Waals surface area (Å²) in [7, 11) is 0. The van der Waals surface area contributed by atoms with Gasteiger partial charge in [0.05, 0.1) is 16.0 Å². The monoisotopic (exact) mass is 343 g/mol. The average molecular weight is 344 g/mol. The number of benzene rings is 1. The van der Waals surface area contributed by atoms with E-state index in [1.54, 1.807) is 40.8 Å². The predicted molar refractivity (Wildman–Crippen MR) is 96.1 cm³/mol. The van der Waals surface area contributed by atoms with Gasteiger partial charge in [0.1, 0.15) is 21.2 Å². The van der Waals surface area contributed by atoms with Crippen molar-refractivity contribution in [1.82, 2.24) is 15.0 Å². The van der Waals surface area contributed by atoms with Crippen LogP contribution in [-0.4, -0.2) is 15.0 Å². The summed E-state index contributed by atoms with van der Waals surface area (Å²) < 4.78 is 1.24. The molecule has 6 heteroatoms. The molecule has 3 aromatic heterocycles. The zero-order valence-corrected chi connectivity index (χ0v) is 14.6. The lowest BCUT2D eigenvalue weighted by molar-refractivity contribution is 1.10. The van der Waals surface area contributed by atoms with Gasteiger partial charge in [-0.3, -0.25) is 0 Å². The minimum absolute atomic E-state index is 0.847. The van der Waals surface area contributed by atoms with Crippen LogP contribution in [0.5, 0.6) is 0 Å². The fourth-order valence-electron chi connectivity index (χ4n) is 2.37. The maximum absolute atomic E-state index is 4.69. The maximum atomic E-state index is 4.69. The molecule has 3 nitrogen and oxygen atoms in total. The Labute approximate surface area is 140 Å². The van der Waals surface area contributed by atoms with Crippen molar-refractivity contribution in [3.05, 3.63) is 46.0 Å². The summed E-state index contributed by atoms with van der Waals surface area (Å²) in [5, 5.41) is 3.41. The first-order chi connectivity index (χ1) is 10.7. The van der Waals surface area contributed by atoms with E-state index >= 15 is 0 Å². The van der Waals surface area contributed by atoms with Gasteiger partial charge in [-0.2, -0.15) is 0 Å². The first kappa shape index (κ1) is 14.1. The van der Waals surface area contributed by atoms with Crippen molar-refractivity contribution >= 4 is 54.9 Å². The normalized spacial score (nSPS) is 11.5. The molecule has 0 fully saturated rings. The van der Waals surface area contributed by atoms with Gasteiger partial charge in [0, 0.05) is 10.3 Å². The van der Waals surface area contributed by atoms with Crippen molar-refractivity contribution in [3.63, 3.8) is 0 Å². The van der Waals surface area contributed by atoms with Crippen molar-refractivity contribution in [2.24, 2.45) is 0 Å². The number of fused-ring (bicyclic) bond motifs is 2. The zero-order chi connectivity index (χ0) is 15.1. The Morgan fingerprint density at radius 1 is 1.09 bits per heavy atom. The standard InChI is InChI=1S/C16H13N3S3/c1-9-10(2)21-16-14(9)15(17-8-18-16)20-7-13-19-11-5-3-4-6-12(11)22-13/h3-6,8H,7H2,1-2H3. The Bertz CT molecular complexity index is 938. The Hall–Kier alpha value is -1.50. The highest BCUT2D eigenvalue weighted by atomic mass is 32.2. The highest BCUT2D eigenvalue weighted by molar-refractivity contribution is 7.98. The number of rotatable bonds is 3. The number of hydrogen-bond donors (Lipinski definition) is 0. The number of aromatic nitrogens is 3. The molecule has 4 aromatic rings. The summed E-state index contributed by atoms with van der Waals surface area (Å²) in [6.45, 7) is 4.29. The fraction of sp³-hybridized carbons (Fsp3) is 0.188. The van der Waals surface area contributed by atoms with E-state index < -0.39 is 0 Å². The molecule has 0 aliphatic rings. The van der Waals surface area contributed by atoms with Gasteiger partial charge in [-0.25, -0.2) is 15.0 Å². The van der Waals surface area contributed by atoms with Crippen LogP contribution >= 0.6 is 34.4 Å². The lowest BCUT2D eigenvalue weighted by Gasteiger charge is -2.01. The minimum atomic E-state index is 0.847. The molecule has 0 radical (unpaired) electrons. The SMILES string of the molecule is Cc1sc2ncnc(SCc3nc4ccccc4s3)c2c1C. The molecule has 0 aliphatic carbocycles. The second-order valence-corrected chi connectivity index (χ2v) is 8.29. The highest BCUT2D eigenvalue weighted by Gasteiger charge is 2.13. The van der Waals surface area contributed by atoms with Crippen molar-refractivity contribution in [3.8, 4) is 0 Å². The Balaban J connectivity index is 1.66. The fourth-order valence-corrected chi connectivity index (χ4v) is 5.45. The van der Waals surface area contributed by atoms with E-state index in [-0.39, 0.29) is 0 Å². The van der Waals surface area contributed by atoms with E-state index in [1.807, 2.05) is 6.07 Å². The highest BCUT2D eigenvalue weighted by Crippen LogP contribution is 2.36. The summed E-state index contributed by atoms with van der Waals surface area (Å²) in [5.41, 5.74) is 2.38. The lowest BCUT2D eigenvalue weighted by atomic mass is 10.2. The van der Waals surface area contributed by atoms with E-state index in [0.717, 1.165) is 26.1 Å². The Morgan fingerprint density at radius 2 is 1.95 bits per heavy atom. The second kappa shape index (κ2) is 5.61. The molecular weight excluding hydrogens is 330 g/mol. The zero-order valence-electron chi connectivity index (χ0n) is 12.2. The van der Waals surface area contributed by atoms with Crippen molar-refractivity contribution in [1.29, 1.82) is 0 Å². The molecule has 0 saturated carbocycles. The first-order valence-electron chi connectivity index (χ1n) is 6.90. The molecule has 0 aliphatic heterocycles. The van der Waals surface area contributed by atoms with E-state index in [0.29, 0.717) is 0 Å². The quantitative estimate of drug-likeness (QED) is 0.378. The molecule has 0 bridgehead atoms. The third-order valence-corrected chi connectivity index (χ3v) is 6.94. The maximum Gasteiger partial charge on any atom is 0.128 e. The third kappa shape index (κ3) is 2.41. The van der Waals surface area contributed by atoms with Crippen LogP contribution in [0.2, 0.25) is 0 Å². The summed E-state index contributed by atoms with van der Waals surface area (Å²) >= 11 is 5.25. The molecule has 0 amide bonds. The van der Waals surface area contributed by atoms with E-state index in [1.165, 1.54) is 20.5 Å². The van der Waals surface area contributed by atoms with Crippen LogP contribution < -0.4 is 0 Å². The Kier molecular flexibility index (Phi) is 3.60. The number of aryl methyl sites for hydroxylation is 2. The molecule has 4 rings (SSSR count). The van der Waals surface area contributed by atoms with Gasteiger partial charge in [-0.05, 0) is 31.5 Å². The number of thiophene rings is 1. The second-order valence-electron chi connectivity index (χ2n) is 5.01. The van der Waals surface area contributed by atoms with Crippen LogP contribution in [0.15, 0.2) is 35.6 Å². The van der Waals surface area contributed by atoms with Gasteiger partial charge >= 0.3 is 0 Å². The molecule has 0 spiro atoms. The molecule has 22 heavy (non-hydrogen) atoms. The van der Waals surface area contributed by atoms with Crippen molar-refractivity contribution in [2.75, 3.05) is 0 Å². The van der Waals surface area contributed by atoms with Crippen LogP contribution in [-0.2, 0) is 5.75 Å². The van der Waals surface area contributed by atoms with Crippen LogP contribution in [0.3, 0.4) is 0 Å².